The maximum atomic E-state index is 12.8. The molecule has 35 heavy (non-hydrogen) atoms. The van der Waals surface area contributed by atoms with Crippen LogP contribution >= 0.6 is 11.8 Å². The highest BCUT2D eigenvalue weighted by molar-refractivity contribution is 7.98. The molecule has 0 unspecified atom stereocenters. The van der Waals surface area contributed by atoms with Crippen molar-refractivity contribution in [2.24, 2.45) is 0 Å². The maximum Gasteiger partial charge on any atom is 0.261 e. The van der Waals surface area contributed by atoms with E-state index in [0.29, 0.717) is 16.9 Å². The molecule has 0 fully saturated rings. The number of anilines is 2. The van der Waals surface area contributed by atoms with Crippen molar-refractivity contribution in [3.63, 3.8) is 0 Å². The molecule has 4 aromatic rings. The van der Waals surface area contributed by atoms with Gasteiger partial charge in [0.25, 0.3) is 15.9 Å². The van der Waals surface area contributed by atoms with Crippen LogP contribution < -0.4 is 10.0 Å². The highest BCUT2D eigenvalue weighted by atomic mass is 32.2. The summed E-state index contributed by atoms with van der Waals surface area (Å²) in [5.41, 5.74) is 4.63. The zero-order valence-electron chi connectivity index (χ0n) is 19.5. The first-order valence-electron chi connectivity index (χ1n) is 11.1. The molecule has 0 saturated carbocycles. The van der Waals surface area contributed by atoms with E-state index in [0.717, 1.165) is 22.4 Å². The molecule has 7 heteroatoms. The zero-order chi connectivity index (χ0) is 24.8. The van der Waals surface area contributed by atoms with Crippen molar-refractivity contribution in [3.05, 3.63) is 119 Å². The second kappa shape index (κ2) is 10.8. The number of carbonyl (C=O) groups is 1. The smallest absolute Gasteiger partial charge is 0.261 e. The van der Waals surface area contributed by atoms with Crippen LogP contribution in [0.15, 0.2) is 107 Å². The van der Waals surface area contributed by atoms with Gasteiger partial charge >= 0.3 is 0 Å². The summed E-state index contributed by atoms with van der Waals surface area (Å²) in [4.78, 5) is 14.0. The van der Waals surface area contributed by atoms with E-state index in [1.165, 1.54) is 17.0 Å². The largest absolute Gasteiger partial charge is 0.322 e. The Bertz CT molecular complexity index is 1420. The Morgan fingerprint density at radius 3 is 2.17 bits per heavy atom. The van der Waals surface area contributed by atoms with Crippen molar-refractivity contribution in [3.8, 4) is 0 Å². The average molecular weight is 503 g/mol. The summed E-state index contributed by atoms with van der Waals surface area (Å²) in [5, 5.41) is 2.82. The lowest BCUT2D eigenvalue weighted by atomic mass is 10.1. The fourth-order valence-electron chi connectivity index (χ4n) is 3.49. The van der Waals surface area contributed by atoms with E-state index >= 15 is 0 Å². The first-order valence-corrected chi connectivity index (χ1v) is 13.6. The number of thioether (sulfide) groups is 1. The Morgan fingerprint density at radius 2 is 1.51 bits per heavy atom. The van der Waals surface area contributed by atoms with Crippen LogP contribution in [0.25, 0.3) is 0 Å². The van der Waals surface area contributed by atoms with Crippen LogP contribution in [-0.2, 0) is 15.8 Å². The normalized spacial score (nSPS) is 11.1. The number of aryl methyl sites for hydroxylation is 2. The monoisotopic (exact) mass is 502 g/mol. The molecule has 0 aliphatic heterocycles. The molecule has 4 rings (SSSR count). The summed E-state index contributed by atoms with van der Waals surface area (Å²) in [7, 11) is -3.74. The third-order valence-electron chi connectivity index (χ3n) is 5.41. The maximum absolute atomic E-state index is 12.8. The molecule has 0 aliphatic rings. The number of amides is 1. The number of hydrogen-bond acceptors (Lipinski definition) is 4. The Labute approximate surface area is 210 Å². The molecule has 0 spiro atoms. The molecule has 0 atom stereocenters. The van der Waals surface area contributed by atoms with Gasteiger partial charge in [-0.25, -0.2) is 8.42 Å². The second-order valence-electron chi connectivity index (χ2n) is 8.20. The first-order chi connectivity index (χ1) is 16.8. The number of hydrogen-bond donors (Lipinski definition) is 2. The van der Waals surface area contributed by atoms with Crippen molar-refractivity contribution in [2.45, 2.75) is 29.4 Å². The van der Waals surface area contributed by atoms with Crippen molar-refractivity contribution in [1.82, 2.24) is 0 Å². The number of rotatable bonds is 8. The molecule has 5 nitrogen and oxygen atoms in total. The van der Waals surface area contributed by atoms with Crippen LogP contribution in [0, 0.1) is 13.8 Å². The third kappa shape index (κ3) is 6.53. The summed E-state index contributed by atoms with van der Waals surface area (Å²) in [6, 6.07) is 29.3. The SMILES string of the molecule is Cc1ccc(NS(=O)(=O)c2ccc(NC(=O)c3ccc(CSc4ccccc4)cc3)cc2)c(C)c1. The summed E-state index contributed by atoms with van der Waals surface area (Å²) >= 11 is 1.74. The molecule has 0 radical (unpaired) electrons. The molecule has 178 valence electrons. The van der Waals surface area contributed by atoms with E-state index in [1.807, 2.05) is 56.3 Å². The van der Waals surface area contributed by atoms with Gasteiger partial charge in [-0.3, -0.25) is 9.52 Å². The molecule has 0 saturated heterocycles. The minimum absolute atomic E-state index is 0.121. The van der Waals surface area contributed by atoms with Gasteiger partial charge in [0.15, 0.2) is 0 Å². The lowest BCUT2D eigenvalue weighted by Crippen LogP contribution is -2.14. The molecule has 0 aliphatic carbocycles. The van der Waals surface area contributed by atoms with E-state index in [2.05, 4.69) is 22.2 Å². The third-order valence-corrected chi connectivity index (χ3v) is 7.88. The van der Waals surface area contributed by atoms with E-state index in [4.69, 9.17) is 0 Å². The van der Waals surface area contributed by atoms with Gasteiger partial charge in [-0.05, 0) is 79.6 Å². The van der Waals surface area contributed by atoms with Gasteiger partial charge < -0.3 is 5.32 Å². The predicted molar refractivity (Wildman–Crippen MR) is 144 cm³/mol. The number of benzene rings is 4. The van der Waals surface area contributed by atoms with Crippen LogP contribution in [0.1, 0.15) is 27.0 Å². The van der Waals surface area contributed by atoms with Crippen LogP contribution in [0.2, 0.25) is 0 Å². The van der Waals surface area contributed by atoms with Gasteiger partial charge in [-0.1, -0.05) is 48.0 Å². The highest BCUT2D eigenvalue weighted by Crippen LogP contribution is 2.24. The van der Waals surface area contributed by atoms with Crippen LogP contribution in [0.5, 0.6) is 0 Å². The summed E-state index contributed by atoms with van der Waals surface area (Å²) in [6.45, 7) is 3.82. The lowest BCUT2D eigenvalue weighted by Gasteiger charge is -2.12. The van der Waals surface area contributed by atoms with Gasteiger partial charge in [-0.2, -0.15) is 0 Å². The Morgan fingerprint density at radius 1 is 0.829 bits per heavy atom. The van der Waals surface area contributed by atoms with Crippen molar-refractivity contribution < 1.29 is 13.2 Å². The molecule has 0 bridgehead atoms. The number of sulfonamides is 1. The predicted octanol–water partition coefficient (Wildman–Crippen LogP) is 6.65. The van der Waals surface area contributed by atoms with Gasteiger partial charge in [0, 0.05) is 21.9 Å². The van der Waals surface area contributed by atoms with Gasteiger partial charge in [0.2, 0.25) is 0 Å². The summed E-state index contributed by atoms with van der Waals surface area (Å²) in [6.07, 6.45) is 0. The Balaban J connectivity index is 1.36. The lowest BCUT2D eigenvalue weighted by molar-refractivity contribution is 0.102. The quantitative estimate of drug-likeness (QED) is 0.265. The highest BCUT2D eigenvalue weighted by Gasteiger charge is 2.16. The number of carbonyl (C=O) groups excluding carboxylic acids is 1. The minimum atomic E-state index is -3.74. The van der Waals surface area contributed by atoms with Gasteiger partial charge in [0.05, 0.1) is 10.6 Å². The van der Waals surface area contributed by atoms with Crippen LogP contribution in [0.4, 0.5) is 11.4 Å². The van der Waals surface area contributed by atoms with Crippen molar-refractivity contribution in [1.29, 1.82) is 0 Å². The van der Waals surface area contributed by atoms with E-state index in [-0.39, 0.29) is 10.8 Å². The molecular formula is C28H26N2O3S2. The molecule has 4 aromatic carbocycles. The minimum Gasteiger partial charge on any atom is -0.322 e. The summed E-state index contributed by atoms with van der Waals surface area (Å²) in [5.74, 6) is 0.564. The van der Waals surface area contributed by atoms with Crippen LogP contribution in [-0.4, -0.2) is 14.3 Å². The molecule has 0 heterocycles. The number of nitrogens with one attached hydrogen (secondary N) is 2. The van der Waals surface area contributed by atoms with E-state index in [1.54, 1.807) is 42.1 Å². The Kier molecular flexibility index (Phi) is 7.58. The topological polar surface area (TPSA) is 75.3 Å². The molecule has 0 aromatic heterocycles. The first kappa shape index (κ1) is 24.6. The van der Waals surface area contributed by atoms with Crippen molar-refractivity contribution >= 4 is 39.1 Å². The fourth-order valence-corrected chi connectivity index (χ4v) is 5.49. The summed E-state index contributed by atoms with van der Waals surface area (Å²) < 4.78 is 28.2. The zero-order valence-corrected chi connectivity index (χ0v) is 21.1. The van der Waals surface area contributed by atoms with Crippen molar-refractivity contribution in [2.75, 3.05) is 10.0 Å². The molecule has 2 N–H and O–H groups in total. The standard InChI is InChI=1S/C28H26N2O3S2/c1-20-8-17-27(21(2)18-20)30-35(32,33)26-15-13-24(14-16-26)29-28(31)23-11-9-22(10-12-23)19-34-25-6-4-3-5-7-25/h3-18,30H,19H2,1-2H3,(H,29,31). The second-order valence-corrected chi connectivity index (χ2v) is 10.9. The van der Waals surface area contributed by atoms with E-state index < -0.39 is 10.0 Å². The van der Waals surface area contributed by atoms with Gasteiger partial charge in [0.1, 0.15) is 0 Å². The fraction of sp³-hybridized carbons (Fsp3) is 0.107. The average Bonchev–Trinajstić information content (AvgIpc) is 2.86. The van der Waals surface area contributed by atoms with E-state index in [9.17, 15) is 13.2 Å². The molecule has 1 amide bonds. The molecular weight excluding hydrogens is 476 g/mol. The van der Waals surface area contributed by atoms with Crippen LogP contribution in [0.3, 0.4) is 0 Å². The Hall–Kier alpha value is -3.55. The van der Waals surface area contributed by atoms with Gasteiger partial charge in [-0.15, -0.1) is 11.8 Å².